The zero-order chi connectivity index (χ0) is 7.71. The van der Waals surface area contributed by atoms with Gasteiger partial charge in [-0.1, -0.05) is 0 Å². The van der Waals surface area contributed by atoms with Gasteiger partial charge in [0.25, 0.3) is 0 Å². The summed E-state index contributed by atoms with van der Waals surface area (Å²) < 4.78 is 56.1. The molecule has 0 radical (unpaired) electrons. The van der Waals surface area contributed by atoms with Crippen LogP contribution in [-0.2, 0) is 10.7 Å². The molecule has 0 saturated carbocycles. The third-order valence-corrected chi connectivity index (χ3v) is 3.03. The van der Waals surface area contributed by atoms with Crippen molar-refractivity contribution in [3.8, 4) is 0 Å². The second kappa shape index (κ2) is 2.96. The van der Waals surface area contributed by atoms with Crippen LogP contribution in [0.4, 0.5) is 13.2 Å². The van der Waals surface area contributed by atoms with E-state index in [9.17, 15) is 21.6 Å². The fourth-order valence-corrected chi connectivity index (χ4v) is 0.940. The molecule has 8 heteroatoms. The standard InChI is InChI=1S/CHF3O3S.Pm/c2-1(3,4)8(5,6)7;/h(H,5,6,7);/q;+1/p-1. The van der Waals surface area contributed by atoms with Crippen molar-refractivity contribution in [1.82, 2.24) is 0 Å². The Morgan fingerprint density at radius 3 is 1.67 bits per heavy atom. The number of rotatable bonds is 1. The summed E-state index contributed by atoms with van der Waals surface area (Å²) in [7, 11) is -5.29. The van der Waals surface area contributed by atoms with Crippen molar-refractivity contribution in [1.29, 1.82) is 0 Å². The first-order chi connectivity index (χ1) is 3.81. The average molecular weight is 294 g/mol. The molecule has 9 heavy (non-hydrogen) atoms. The molecule has 0 saturated heterocycles. The molecule has 0 atom stereocenters. The number of hydrogen-bond donors (Lipinski definition) is 0. The van der Waals surface area contributed by atoms with E-state index in [0.29, 0.717) is 0 Å². The third kappa shape index (κ3) is 2.63. The molecule has 0 aliphatic rings. The molecule has 0 aliphatic heterocycles. The van der Waals surface area contributed by atoms with Gasteiger partial charge >= 0.3 is 76.7 Å². The number of alkyl halides is 3. The predicted octanol–water partition coefficient (Wildman–Crippen LogP) is 0.317. The van der Waals surface area contributed by atoms with Crippen LogP contribution >= 0.6 is 0 Å². The number of halogens is 3. The van der Waals surface area contributed by atoms with E-state index in [1.165, 1.54) is 0 Å². The summed E-state index contributed by atoms with van der Waals surface area (Å²) in [6.45, 7) is 0. The maximum atomic E-state index is 11.1. The Morgan fingerprint density at radius 2 is 1.67 bits per heavy atom. The summed E-state index contributed by atoms with van der Waals surface area (Å²) in [4.78, 5) is 0. The van der Waals surface area contributed by atoms with E-state index in [2.05, 4.69) is 0.566 Å². The molecule has 0 fully saturated rings. The van der Waals surface area contributed by atoms with Gasteiger partial charge in [-0.05, 0) is 0 Å². The summed E-state index contributed by atoms with van der Waals surface area (Å²) >= 11 is -0.294. The molecular formula is CF3O3PmS. The van der Waals surface area contributed by atoms with Gasteiger partial charge in [-0.25, -0.2) is 0 Å². The second-order valence-corrected chi connectivity index (χ2v) is 3.93. The molecule has 0 heterocycles. The average Bonchev–Trinajstić information content (AvgIpc) is 1.64. The predicted molar refractivity (Wildman–Crippen MR) is 16.1 cm³/mol. The molecule has 3 nitrogen and oxygen atoms in total. The summed E-state index contributed by atoms with van der Waals surface area (Å²) in [5.41, 5.74) is -5.28. The van der Waals surface area contributed by atoms with Gasteiger partial charge in [0.2, 0.25) is 0 Å². The number of hydrogen-bond acceptors (Lipinski definition) is 3. The fraction of sp³-hybridized carbons (Fsp3) is 1.00. The zero-order valence-electron chi connectivity index (χ0n) is 3.71. The van der Waals surface area contributed by atoms with Crippen molar-refractivity contribution in [3.05, 3.63) is 0 Å². The monoisotopic (exact) mass is 294 g/mol. The van der Waals surface area contributed by atoms with Crippen LogP contribution in [0, 0.1) is 38.9 Å². The Labute approximate surface area is 76.0 Å². The van der Waals surface area contributed by atoms with Gasteiger partial charge in [-0.15, -0.1) is 0 Å². The van der Waals surface area contributed by atoms with E-state index in [1.807, 2.05) is 0 Å². The molecule has 0 spiro atoms. The molecule has 0 aromatic heterocycles. The van der Waals surface area contributed by atoms with Crippen molar-refractivity contribution < 1.29 is 61.1 Å². The Hall–Kier alpha value is 1.04. The van der Waals surface area contributed by atoms with Crippen LogP contribution in [0.5, 0.6) is 0 Å². The van der Waals surface area contributed by atoms with E-state index in [4.69, 9.17) is 0 Å². The van der Waals surface area contributed by atoms with Gasteiger partial charge in [-0.3, -0.25) is 0 Å². The van der Waals surface area contributed by atoms with Crippen LogP contribution in [-0.4, -0.2) is 13.9 Å². The molecule has 0 aliphatic carbocycles. The van der Waals surface area contributed by atoms with E-state index in [1.54, 1.807) is 0 Å². The van der Waals surface area contributed by atoms with Crippen molar-refractivity contribution in [2.45, 2.75) is 5.51 Å². The van der Waals surface area contributed by atoms with Crippen molar-refractivity contribution >= 4 is 10.1 Å². The minimum atomic E-state index is -5.29. The van der Waals surface area contributed by atoms with Crippen LogP contribution in [0.3, 0.4) is 0 Å². The normalized spacial score (nSPS) is 13.7. The molecule has 0 bridgehead atoms. The first-order valence-electron chi connectivity index (χ1n) is 1.45. The zero-order valence-corrected chi connectivity index (χ0v) is 7.40. The van der Waals surface area contributed by atoms with Crippen molar-refractivity contribution in [2.24, 2.45) is 0 Å². The molecule has 0 amide bonds. The quantitative estimate of drug-likeness (QED) is 0.654. The molecular weight excluding hydrogens is 294 g/mol. The fourth-order valence-electron chi connectivity index (χ4n) is 0.0423. The molecule has 54 valence electrons. The molecule has 0 N–H and O–H groups in total. The van der Waals surface area contributed by atoms with Crippen LogP contribution in [0.15, 0.2) is 0 Å². The van der Waals surface area contributed by atoms with Crippen molar-refractivity contribution in [2.75, 3.05) is 0 Å². The molecule has 0 unspecified atom stereocenters. The van der Waals surface area contributed by atoms with Crippen LogP contribution in [0.25, 0.3) is 0 Å². The summed E-state index contributed by atoms with van der Waals surface area (Å²) in [6.07, 6.45) is 0. The summed E-state index contributed by atoms with van der Waals surface area (Å²) in [5.74, 6) is 0. The SMILES string of the molecule is O=S(=O)([O][Pm])C(F)(F)F. The van der Waals surface area contributed by atoms with Gasteiger partial charge in [0, 0.05) is 0 Å². The first-order valence-corrected chi connectivity index (χ1v) is 4.03. The van der Waals surface area contributed by atoms with Gasteiger partial charge in [0.1, 0.15) is 0 Å². The van der Waals surface area contributed by atoms with Crippen LogP contribution in [0.2, 0.25) is 0 Å². The Kier molecular flexibility index (Phi) is 3.30. The van der Waals surface area contributed by atoms with E-state index in [0.717, 1.165) is 0 Å². The van der Waals surface area contributed by atoms with Gasteiger partial charge < -0.3 is 0 Å². The van der Waals surface area contributed by atoms with Gasteiger partial charge in [0.05, 0.1) is 0 Å². The first kappa shape index (κ1) is 10.0. The van der Waals surface area contributed by atoms with Crippen LogP contribution in [0.1, 0.15) is 0 Å². The Bertz CT molecular complexity index is 180. The topological polar surface area (TPSA) is 43.4 Å². The van der Waals surface area contributed by atoms with E-state index in [-0.39, 0.29) is 38.9 Å². The van der Waals surface area contributed by atoms with Gasteiger partial charge in [-0.2, -0.15) is 0 Å². The maximum absolute atomic E-state index is 11.1. The summed E-state index contributed by atoms with van der Waals surface area (Å²) in [5, 5.41) is 0. The Morgan fingerprint density at radius 1 is 1.33 bits per heavy atom. The minimum absolute atomic E-state index is 0.294. The third-order valence-electron chi connectivity index (χ3n) is 0.382. The van der Waals surface area contributed by atoms with Crippen LogP contribution < -0.4 is 0 Å². The van der Waals surface area contributed by atoms with E-state index >= 15 is 0 Å². The Balaban J connectivity index is 4.57. The van der Waals surface area contributed by atoms with Crippen molar-refractivity contribution in [3.63, 3.8) is 0 Å². The second-order valence-electron chi connectivity index (χ2n) is 0.974. The van der Waals surface area contributed by atoms with E-state index < -0.39 is 15.6 Å². The summed E-state index contributed by atoms with van der Waals surface area (Å²) in [6, 6.07) is 0. The molecule has 0 aromatic rings. The molecule has 0 aromatic carbocycles. The van der Waals surface area contributed by atoms with Gasteiger partial charge in [0.15, 0.2) is 0 Å². The molecule has 0 rings (SSSR count).